The monoisotopic (exact) mass is 445 g/mol. The van der Waals surface area contributed by atoms with Crippen LogP contribution in [0.2, 0.25) is 0 Å². The van der Waals surface area contributed by atoms with Gasteiger partial charge in [0.05, 0.1) is 5.69 Å². The Morgan fingerprint density at radius 3 is 2.38 bits per heavy atom. The molecule has 2 saturated heterocycles. The maximum atomic E-state index is 13.4. The van der Waals surface area contributed by atoms with E-state index in [1.165, 1.54) is 11.3 Å². The first kappa shape index (κ1) is 24.7. The minimum Gasteiger partial charge on any atom is -0.342 e. The van der Waals surface area contributed by atoms with Gasteiger partial charge in [-0.25, -0.2) is 0 Å². The van der Waals surface area contributed by atoms with Crippen molar-refractivity contribution in [3.8, 4) is 0 Å². The maximum Gasteiger partial charge on any atom is 0.246 e. The fourth-order valence-electron chi connectivity index (χ4n) is 5.34. The number of carbonyl (C=O) groups is 2. The average molecular weight is 446 g/mol. The smallest absolute Gasteiger partial charge is 0.246 e. The van der Waals surface area contributed by atoms with Crippen LogP contribution in [0.1, 0.15) is 83.2 Å². The highest BCUT2D eigenvalue weighted by Crippen LogP contribution is 2.35. The van der Waals surface area contributed by atoms with E-state index < -0.39 is 5.54 Å². The standard InChI is InChI=1S/C25H43N5O2/c1-7-9-13-29-23(31)22(16-18(3)4)26-24(32)25(29)10-14-28(15-11-25)17-21-19(5)27-30(12-8-2)20(21)6/h18,22H,7-17H2,1-6H3,(H,26,32). The molecule has 2 aliphatic heterocycles. The van der Waals surface area contributed by atoms with E-state index in [-0.39, 0.29) is 17.9 Å². The second-order valence-corrected chi connectivity index (χ2v) is 10.2. The molecule has 1 aromatic rings. The van der Waals surface area contributed by atoms with Gasteiger partial charge in [-0.2, -0.15) is 5.10 Å². The number of aromatic nitrogens is 2. The molecule has 0 saturated carbocycles. The molecular weight excluding hydrogens is 402 g/mol. The number of carbonyl (C=O) groups excluding carboxylic acids is 2. The number of aryl methyl sites for hydroxylation is 2. The minimum absolute atomic E-state index is 0.0571. The molecule has 2 aliphatic rings. The number of nitrogens with zero attached hydrogens (tertiary/aromatic N) is 4. The predicted octanol–water partition coefficient (Wildman–Crippen LogP) is 3.42. The Kier molecular flexibility index (Phi) is 8.01. The van der Waals surface area contributed by atoms with E-state index in [1.807, 2.05) is 4.90 Å². The molecule has 180 valence electrons. The summed E-state index contributed by atoms with van der Waals surface area (Å²) in [6.07, 6.45) is 5.13. The lowest BCUT2D eigenvalue weighted by Gasteiger charge is -2.52. The molecule has 3 rings (SSSR count). The van der Waals surface area contributed by atoms with E-state index in [2.05, 4.69) is 56.4 Å². The summed E-state index contributed by atoms with van der Waals surface area (Å²) in [6, 6.07) is -0.377. The van der Waals surface area contributed by atoms with Gasteiger partial charge >= 0.3 is 0 Å². The molecule has 0 bridgehead atoms. The van der Waals surface area contributed by atoms with Crippen LogP contribution in [0, 0.1) is 19.8 Å². The highest BCUT2D eigenvalue weighted by molar-refractivity contribution is 6.00. The summed E-state index contributed by atoms with van der Waals surface area (Å²) < 4.78 is 2.12. The Bertz CT molecular complexity index is 807. The van der Waals surface area contributed by atoms with Crippen LogP contribution in [-0.2, 0) is 22.7 Å². The first-order chi connectivity index (χ1) is 15.2. The van der Waals surface area contributed by atoms with E-state index in [0.717, 1.165) is 51.1 Å². The molecule has 1 aromatic heterocycles. The second kappa shape index (κ2) is 10.4. The van der Waals surface area contributed by atoms with E-state index in [4.69, 9.17) is 5.10 Å². The van der Waals surface area contributed by atoms with Gasteiger partial charge in [-0.05, 0) is 51.9 Å². The third-order valence-corrected chi connectivity index (χ3v) is 7.28. The van der Waals surface area contributed by atoms with Crippen LogP contribution in [0.25, 0.3) is 0 Å². The van der Waals surface area contributed by atoms with Gasteiger partial charge in [0.15, 0.2) is 0 Å². The van der Waals surface area contributed by atoms with Crippen LogP contribution in [0.3, 0.4) is 0 Å². The number of likely N-dealkylation sites (tertiary alicyclic amines) is 1. The van der Waals surface area contributed by atoms with E-state index in [9.17, 15) is 9.59 Å². The highest BCUT2D eigenvalue weighted by Gasteiger charge is 2.53. The lowest BCUT2D eigenvalue weighted by molar-refractivity contribution is -0.161. The molecule has 2 amide bonds. The van der Waals surface area contributed by atoms with Crippen LogP contribution in [-0.4, -0.2) is 62.6 Å². The van der Waals surface area contributed by atoms with Gasteiger partial charge in [0.25, 0.3) is 0 Å². The van der Waals surface area contributed by atoms with E-state index in [0.29, 0.717) is 31.7 Å². The van der Waals surface area contributed by atoms with Crippen LogP contribution in [0.5, 0.6) is 0 Å². The fraction of sp³-hybridized carbons (Fsp3) is 0.800. The van der Waals surface area contributed by atoms with Crippen molar-refractivity contribution in [3.63, 3.8) is 0 Å². The molecule has 1 spiro atoms. The van der Waals surface area contributed by atoms with Gasteiger partial charge in [-0.15, -0.1) is 0 Å². The van der Waals surface area contributed by atoms with Crippen LogP contribution in [0.15, 0.2) is 0 Å². The van der Waals surface area contributed by atoms with Crippen molar-refractivity contribution in [3.05, 3.63) is 17.0 Å². The summed E-state index contributed by atoms with van der Waals surface area (Å²) in [4.78, 5) is 31.2. The number of piperazine rings is 1. The zero-order valence-corrected chi connectivity index (χ0v) is 21.0. The van der Waals surface area contributed by atoms with Gasteiger partial charge < -0.3 is 10.2 Å². The van der Waals surface area contributed by atoms with Crippen molar-refractivity contribution in [2.45, 2.75) is 105 Å². The topological polar surface area (TPSA) is 70.5 Å². The first-order valence-corrected chi connectivity index (χ1v) is 12.6. The molecule has 0 aromatic carbocycles. The summed E-state index contributed by atoms with van der Waals surface area (Å²) in [5, 5.41) is 7.82. The number of hydrogen-bond donors (Lipinski definition) is 1. The van der Waals surface area contributed by atoms with Gasteiger partial charge in [-0.3, -0.25) is 19.2 Å². The molecule has 1 N–H and O–H groups in total. The van der Waals surface area contributed by atoms with Gasteiger partial charge in [0.2, 0.25) is 11.8 Å². The number of piperidine rings is 1. The summed E-state index contributed by atoms with van der Waals surface area (Å²) in [7, 11) is 0. The number of rotatable bonds is 9. The molecule has 7 nitrogen and oxygen atoms in total. The molecule has 1 unspecified atom stereocenters. The fourth-order valence-corrected chi connectivity index (χ4v) is 5.34. The van der Waals surface area contributed by atoms with Crippen molar-refractivity contribution in [1.82, 2.24) is 24.9 Å². The quantitative estimate of drug-likeness (QED) is 0.632. The van der Waals surface area contributed by atoms with Gasteiger partial charge in [0, 0.05) is 44.0 Å². The Labute approximate surface area is 193 Å². The Hall–Kier alpha value is -1.89. The highest BCUT2D eigenvalue weighted by atomic mass is 16.2. The molecule has 3 heterocycles. The Balaban J connectivity index is 1.74. The summed E-state index contributed by atoms with van der Waals surface area (Å²) in [5.41, 5.74) is 2.96. The van der Waals surface area contributed by atoms with Crippen LogP contribution >= 0.6 is 0 Å². The molecule has 32 heavy (non-hydrogen) atoms. The first-order valence-electron chi connectivity index (χ1n) is 12.6. The lowest BCUT2D eigenvalue weighted by atomic mass is 9.80. The maximum absolute atomic E-state index is 13.4. The van der Waals surface area contributed by atoms with E-state index in [1.54, 1.807) is 0 Å². The van der Waals surface area contributed by atoms with Crippen molar-refractivity contribution in [1.29, 1.82) is 0 Å². The van der Waals surface area contributed by atoms with Crippen LogP contribution < -0.4 is 5.32 Å². The third-order valence-electron chi connectivity index (χ3n) is 7.28. The van der Waals surface area contributed by atoms with E-state index >= 15 is 0 Å². The number of hydrogen-bond acceptors (Lipinski definition) is 4. The molecule has 1 atom stereocenters. The lowest BCUT2D eigenvalue weighted by Crippen LogP contribution is -2.73. The molecule has 7 heteroatoms. The molecule has 0 radical (unpaired) electrons. The normalized spacial score (nSPS) is 21.6. The second-order valence-electron chi connectivity index (χ2n) is 10.2. The molecular formula is C25H43N5O2. The zero-order chi connectivity index (χ0) is 23.5. The SMILES string of the molecule is CCCCN1C(=O)C(CC(C)C)NC(=O)C12CCN(Cc1c(C)nn(CCC)c1C)CC2. The minimum atomic E-state index is -0.688. The van der Waals surface area contributed by atoms with Crippen molar-refractivity contribution in [2.24, 2.45) is 5.92 Å². The van der Waals surface area contributed by atoms with Gasteiger partial charge in [0.1, 0.15) is 11.6 Å². The third kappa shape index (κ3) is 4.87. The number of nitrogens with one attached hydrogen (secondary N) is 1. The summed E-state index contributed by atoms with van der Waals surface area (Å²) in [6.45, 7) is 16.9. The zero-order valence-electron chi connectivity index (χ0n) is 21.0. The Morgan fingerprint density at radius 1 is 1.09 bits per heavy atom. The largest absolute Gasteiger partial charge is 0.342 e. The predicted molar refractivity (Wildman–Crippen MR) is 127 cm³/mol. The molecule has 0 aliphatic carbocycles. The number of amides is 2. The number of unbranched alkanes of at least 4 members (excludes halogenated alkanes) is 1. The summed E-state index contributed by atoms with van der Waals surface area (Å²) in [5.74, 6) is 0.544. The molecule has 2 fully saturated rings. The van der Waals surface area contributed by atoms with Crippen molar-refractivity contribution < 1.29 is 9.59 Å². The Morgan fingerprint density at radius 2 is 1.78 bits per heavy atom. The summed E-state index contributed by atoms with van der Waals surface area (Å²) >= 11 is 0. The average Bonchev–Trinajstić information content (AvgIpc) is 3.01. The van der Waals surface area contributed by atoms with Gasteiger partial charge in [-0.1, -0.05) is 34.1 Å². The van der Waals surface area contributed by atoms with Crippen LogP contribution in [0.4, 0.5) is 0 Å². The van der Waals surface area contributed by atoms with Crippen molar-refractivity contribution >= 4 is 11.8 Å². The van der Waals surface area contributed by atoms with Crippen molar-refractivity contribution in [2.75, 3.05) is 19.6 Å².